The summed E-state index contributed by atoms with van der Waals surface area (Å²) in [7, 11) is -1.72. The monoisotopic (exact) mass is 472 g/mol. The Morgan fingerprint density at radius 1 is 1.21 bits per heavy atom. The summed E-state index contributed by atoms with van der Waals surface area (Å²) in [5.74, 6) is -0.875. The van der Waals surface area contributed by atoms with Crippen molar-refractivity contribution in [3.05, 3.63) is 29.8 Å². The van der Waals surface area contributed by atoms with Gasteiger partial charge in [-0.15, -0.1) is 0 Å². The van der Waals surface area contributed by atoms with Crippen molar-refractivity contribution in [2.45, 2.75) is 28.3 Å². The van der Waals surface area contributed by atoms with Crippen LogP contribution in [0.15, 0.2) is 29.2 Å². The zero-order valence-electron chi connectivity index (χ0n) is 15.9. The van der Waals surface area contributed by atoms with Crippen LogP contribution in [0, 0.1) is 0 Å². The fourth-order valence-corrected chi connectivity index (χ4v) is 3.03. The Bertz CT molecular complexity index is 777. The third-order valence-corrected chi connectivity index (χ3v) is 5.23. The van der Waals surface area contributed by atoms with Crippen molar-refractivity contribution < 1.29 is 31.9 Å². The van der Waals surface area contributed by atoms with Crippen molar-refractivity contribution in [3.63, 3.8) is 0 Å². The molecule has 0 heterocycles. The van der Waals surface area contributed by atoms with Gasteiger partial charge in [-0.1, -0.05) is 35.3 Å². The van der Waals surface area contributed by atoms with Crippen LogP contribution in [0.5, 0.6) is 0 Å². The molecule has 2 N–H and O–H groups in total. The molecule has 1 rings (SSSR count). The first-order valence-electron chi connectivity index (χ1n) is 8.52. The molecule has 0 aliphatic rings. The van der Waals surface area contributed by atoms with E-state index in [9.17, 15) is 22.4 Å². The molecule has 29 heavy (non-hydrogen) atoms. The van der Waals surface area contributed by atoms with E-state index in [0.29, 0.717) is 13.0 Å². The van der Waals surface area contributed by atoms with Gasteiger partial charge in [-0.3, -0.25) is 4.79 Å². The minimum absolute atomic E-state index is 0.0251. The van der Waals surface area contributed by atoms with Gasteiger partial charge in [-0.25, -0.2) is 17.6 Å². The average molecular weight is 473 g/mol. The molecule has 0 saturated heterocycles. The number of rotatable bonds is 11. The van der Waals surface area contributed by atoms with Crippen LogP contribution in [0.2, 0.25) is 0 Å². The summed E-state index contributed by atoms with van der Waals surface area (Å²) in [5.41, 5.74) is 0.244. The minimum Gasteiger partial charge on any atom is -0.434 e. The highest BCUT2D eigenvalue weighted by Crippen LogP contribution is 2.25. The van der Waals surface area contributed by atoms with Crippen molar-refractivity contribution in [2.24, 2.45) is 0 Å². The number of alkyl halides is 3. The Labute approximate surface area is 178 Å². The largest absolute Gasteiger partial charge is 0.508 e. The van der Waals surface area contributed by atoms with Gasteiger partial charge >= 0.3 is 6.16 Å². The second kappa shape index (κ2) is 12.2. The van der Waals surface area contributed by atoms with Gasteiger partial charge in [0.05, 0.1) is 17.5 Å². The third kappa shape index (κ3) is 8.73. The Kier molecular flexibility index (Phi) is 10.7. The fraction of sp³-hybridized carbons (Fsp3) is 0.529. The minimum atomic E-state index is -3.46. The summed E-state index contributed by atoms with van der Waals surface area (Å²) in [4.78, 5) is 22.3. The number of carbonyl (C=O) groups excluding carboxylic acids is 2. The van der Waals surface area contributed by atoms with E-state index in [1.54, 1.807) is 7.05 Å². The second-order valence-electron chi connectivity index (χ2n) is 6.01. The number of carbonyl (C=O) groups is 2. The maximum Gasteiger partial charge on any atom is 0.508 e. The first-order valence-corrected chi connectivity index (χ1v) is 11.3. The van der Waals surface area contributed by atoms with Gasteiger partial charge in [-0.05, 0) is 37.7 Å². The van der Waals surface area contributed by atoms with Crippen molar-refractivity contribution in [3.8, 4) is 0 Å². The van der Waals surface area contributed by atoms with Gasteiger partial charge in [0.25, 0.3) is 5.91 Å². The summed E-state index contributed by atoms with van der Waals surface area (Å²) in [6.45, 7) is -0.436. The normalized spacial score (nSPS) is 13.6. The highest BCUT2D eigenvalue weighted by atomic mass is 35.5. The van der Waals surface area contributed by atoms with Crippen molar-refractivity contribution >= 4 is 45.1 Å². The van der Waals surface area contributed by atoms with Crippen LogP contribution in [-0.4, -0.2) is 64.5 Å². The lowest BCUT2D eigenvalue weighted by molar-refractivity contribution is -0.121. The quantitative estimate of drug-likeness (QED) is 0.288. The Morgan fingerprint density at radius 3 is 2.31 bits per heavy atom. The summed E-state index contributed by atoms with van der Waals surface area (Å²) < 4.78 is 47.0. The van der Waals surface area contributed by atoms with Crippen molar-refractivity contribution in [1.82, 2.24) is 10.6 Å². The molecule has 1 aromatic carbocycles. The molecule has 1 amide bonds. The Balaban J connectivity index is 3.06. The number of hydrogen-bond donors (Lipinski definition) is 2. The average Bonchev–Trinajstić information content (AvgIpc) is 2.67. The van der Waals surface area contributed by atoms with E-state index in [2.05, 4.69) is 10.6 Å². The first kappa shape index (κ1) is 25.4. The maximum absolute atomic E-state index is 13.7. The van der Waals surface area contributed by atoms with E-state index in [1.807, 2.05) is 0 Å². The van der Waals surface area contributed by atoms with Crippen LogP contribution in [0.1, 0.15) is 18.1 Å². The number of sulfone groups is 1. The van der Waals surface area contributed by atoms with E-state index < -0.39 is 45.6 Å². The lowest BCUT2D eigenvalue weighted by Gasteiger charge is -2.26. The van der Waals surface area contributed by atoms with Gasteiger partial charge in [0.2, 0.25) is 0 Å². The maximum atomic E-state index is 13.7. The van der Waals surface area contributed by atoms with Crippen LogP contribution >= 0.6 is 23.2 Å². The zero-order chi connectivity index (χ0) is 22.0. The number of hydrogen-bond acceptors (Lipinski definition) is 7. The number of amides is 1. The predicted octanol–water partition coefficient (Wildman–Crippen LogP) is 2.15. The lowest BCUT2D eigenvalue weighted by atomic mass is 10.0. The summed E-state index contributed by atoms with van der Waals surface area (Å²) >= 11 is 11.0. The number of benzene rings is 1. The molecule has 0 fully saturated rings. The van der Waals surface area contributed by atoms with Gasteiger partial charge < -0.3 is 20.1 Å². The molecular formula is C17H23Cl2FN2O6S. The molecule has 0 spiro atoms. The molecule has 0 unspecified atom stereocenters. The first-order chi connectivity index (χ1) is 13.6. The SMILES string of the molecule is CNCCCOC(=O)O[C@H](c1ccc(S(C)(=O)=O)cc1)[C@@H](CF)NC(=O)C(Cl)Cl. The molecule has 2 atom stereocenters. The second-order valence-corrected chi connectivity index (χ2v) is 9.12. The van der Waals surface area contributed by atoms with Crippen LogP contribution < -0.4 is 10.6 Å². The van der Waals surface area contributed by atoms with Gasteiger partial charge in [0.15, 0.2) is 20.8 Å². The molecule has 12 heteroatoms. The highest BCUT2D eigenvalue weighted by molar-refractivity contribution is 7.90. The molecule has 0 aliphatic heterocycles. The molecular weight excluding hydrogens is 450 g/mol. The number of nitrogens with one attached hydrogen (secondary N) is 2. The molecule has 0 saturated carbocycles. The molecule has 164 valence electrons. The van der Waals surface area contributed by atoms with E-state index in [1.165, 1.54) is 24.3 Å². The van der Waals surface area contributed by atoms with Crippen molar-refractivity contribution in [2.75, 3.05) is 33.1 Å². The molecule has 8 nitrogen and oxygen atoms in total. The fourth-order valence-electron chi connectivity index (χ4n) is 2.27. The Hall–Kier alpha value is -1.62. The van der Waals surface area contributed by atoms with Crippen molar-refractivity contribution in [1.29, 1.82) is 0 Å². The van der Waals surface area contributed by atoms with E-state index in [0.717, 1.165) is 6.26 Å². The molecule has 0 aromatic heterocycles. The van der Waals surface area contributed by atoms with Gasteiger partial charge in [0.1, 0.15) is 6.67 Å². The third-order valence-electron chi connectivity index (χ3n) is 3.71. The molecule has 1 aromatic rings. The summed E-state index contributed by atoms with van der Waals surface area (Å²) in [6, 6.07) is 3.94. The lowest BCUT2D eigenvalue weighted by Crippen LogP contribution is -2.44. The predicted molar refractivity (Wildman–Crippen MR) is 107 cm³/mol. The Morgan fingerprint density at radius 2 is 1.83 bits per heavy atom. The van der Waals surface area contributed by atoms with Gasteiger partial charge in [-0.2, -0.15) is 0 Å². The smallest absolute Gasteiger partial charge is 0.434 e. The number of halogens is 3. The zero-order valence-corrected chi connectivity index (χ0v) is 18.2. The highest BCUT2D eigenvalue weighted by Gasteiger charge is 2.31. The van der Waals surface area contributed by atoms with E-state index in [4.69, 9.17) is 32.7 Å². The molecule has 0 radical (unpaired) electrons. The van der Waals surface area contributed by atoms with Crippen LogP contribution in [0.4, 0.5) is 9.18 Å². The standard InChI is InChI=1S/C17H23Cl2FN2O6S/c1-21-8-3-9-27-17(24)28-14(13(10-20)22-16(23)15(18)19)11-4-6-12(7-5-11)29(2,25)26/h4-7,13-15,21H,3,8-10H2,1-2H3,(H,22,23)/t13-,14-/m1/s1. The summed E-state index contributed by atoms with van der Waals surface area (Å²) in [5, 5.41) is 5.13. The van der Waals surface area contributed by atoms with Crippen LogP contribution in [0.3, 0.4) is 0 Å². The van der Waals surface area contributed by atoms with Crippen LogP contribution in [0.25, 0.3) is 0 Å². The molecule has 0 aliphatic carbocycles. The number of ether oxygens (including phenoxy) is 2. The van der Waals surface area contributed by atoms with Crippen LogP contribution in [-0.2, 0) is 24.1 Å². The topological polar surface area (TPSA) is 111 Å². The van der Waals surface area contributed by atoms with E-state index >= 15 is 0 Å². The summed E-state index contributed by atoms with van der Waals surface area (Å²) in [6.07, 6.45) is -0.812. The van der Waals surface area contributed by atoms with E-state index in [-0.39, 0.29) is 17.1 Å². The molecule has 0 bridgehead atoms. The van der Waals surface area contributed by atoms with Gasteiger partial charge in [0, 0.05) is 6.26 Å².